The molecule has 1 atom stereocenters. The Kier molecular flexibility index (Phi) is 5.61. The van der Waals surface area contributed by atoms with Crippen molar-refractivity contribution in [2.75, 3.05) is 7.11 Å². The van der Waals surface area contributed by atoms with E-state index in [0.29, 0.717) is 22.7 Å². The molecule has 0 saturated carbocycles. The van der Waals surface area contributed by atoms with Crippen LogP contribution in [0.25, 0.3) is 10.9 Å². The van der Waals surface area contributed by atoms with Gasteiger partial charge in [-0.25, -0.2) is 4.79 Å². The number of benzene rings is 1. The topological polar surface area (TPSA) is 48.4 Å². The van der Waals surface area contributed by atoms with Crippen LogP contribution in [0.5, 0.6) is 5.75 Å². The van der Waals surface area contributed by atoms with E-state index < -0.39 is 6.10 Å². The molecule has 0 amide bonds. The molecule has 1 unspecified atom stereocenters. The van der Waals surface area contributed by atoms with Crippen LogP contribution in [0.2, 0.25) is 5.02 Å². The first-order chi connectivity index (χ1) is 10.6. The number of esters is 1. The number of aromatic nitrogens is 1. The van der Waals surface area contributed by atoms with Crippen LogP contribution in [0.4, 0.5) is 0 Å². The summed E-state index contributed by atoms with van der Waals surface area (Å²) in [7, 11) is 1.37. The molecule has 1 aromatic carbocycles. The van der Waals surface area contributed by atoms with Crippen molar-refractivity contribution in [3.05, 3.63) is 35.0 Å². The first-order valence-electron chi connectivity index (χ1n) is 7.36. The third-order valence-electron chi connectivity index (χ3n) is 3.45. The normalized spacial score (nSPS) is 12.2. The molecule has 4 nitrogen and oxygen atoms in total. The molecule has 0 saturated heterocycles. The van der Waals surface area contributed by atoms with Crippen molar-refractivity contribution in [1.29, 1.82) is 0 Å². The van der Waals surface area contributed by atoms with Gasteiger partial charge in [0.2, 0.25) is 0 Å². The number of hydrogen-bond acceptors (Lipinski definition) is 4. The van der Waals surface area contributed by atoms with E-state index in [-0.39, 0.29) is 5.97 Å². The third kappa shape index (κ3) is 3.69. The number of rotatable bonds is 6. The van der Waals surface area contributed by atoms with Gasteiger partial charge >= 0.3 is 5.97 Å². The lowest BCUT2D eigenvalue weighted by Crippen LogP contribution is -2.28. The maximum absolute atomic E-state index is 11.9. The summed E-state index contributed by atoms with van der Waals surface area (Å²) in [5.74, 6) is 0.176. The van der Waals surface area contributed by atoms with Crippen molar-refractivity contribution in [2.24, 2.45) is 0 Å². The SMILES string of the molecule is CCCCC(Oc1ccc(Cl)c2cc(C)cnc12)C(=O)OC. The minimum Gasteiger partial charge on any atom is -0.476 e. The fraction of sp³-hybridized carbons (Fsp3) is 0.412. The molecular formula is C17H20ClNO3. The monoisotopic (exact) mass is 321 g/mol. The summed E-state index contributed by atoms with van der Waals surface area (Å²) in [6.45, 7) is 4.02. The van der Waals surface area contributed by atoms with Crippen LogP contribution < -0.4 is 4.74 Å². The lowest BCUT2D eigenvalue weighted by Gasteiger charge is -2.18. The summed E-state index contributed by atoms with van der Waals surface area (Å²) in [5, 5.41) is 1.43. The zero-order valence-corrected chi connectivity index (χ0v) is 13.8. The van der Waals surface area contributed by atoms with Crippen molar-refractivity contribution in [3.63, 3.8) is 0 Å². The number of hydrogen-bond donors (Lipinski definition) is 0. The standard InChI is InChI=1S/C17H20ClNO3/c1-4-5-6-15(17(20)21-3)22-14-8-7-13(18)12-9-11(2)10-19-16(12)14/h7-10,15H,4-6H2,1-3H3. The van der Waals surface area contributed by atoms with Crippen LogP contribution in [0, 0.1) is 6.92 Å². The average molecular weight is 322 g/mol. The van der Waals surface area contributed by atoms with Crippen LogP contribution in [0.15, 0.2) is 24.4 Å². The highest BCUT2D eigenvalue weighted by Crippen LogP contribution is 2.31. The molecule has 22 heavy (non-hydrogen) atoms. The van der Waals surface area contributed by atoms with E-state index in [4.69, 9.17) is 21.1 Å². The van der Waals surface area contributed by atoms with Crippen molar-refractivity contribution in [3.8, 4) is 5.75 Å². The Morgan fingerprint density at radius 3 is 2.86 bits per heavy atom. The molecule has 118 valence electrons. The van der Waals surface area contributed by atoms with Gasteiger partial charge in [-0.15, -0.1) is 0 Å². The quantitative estimate of drug-likeness (QED) is 0.744. The number of pyridine rings is 1. The van der Waals surface area contributed by atoms with Gasteiger partial charge in [0.1, 0.15) is 11.3 Å². The molecule has 0 N–H and O–H groups in total. The first-order valence-corrected chi connectivity index (χ1v) is 7.74. The Hall–Kier alpha value is -1.81. The van der Waals surface area contributed by atoms with E-state index in [1.807, 2.05) is 13.0 Å². The molecule has 2 aromatic rings. The van der Waals surface area contributed by atoms with E-state index in [2.05, 4.69) is 11.9 Å². The molecule has 1 heterocycles. The molecular weight excluding hydrogens is 302 g/mol. The van der Waals surface area contributed by atoms with Gasteiger partial charge in [-0.05, 0) is 43.5 Å². The van der Waals surface area contributed by atoms with E-state index in [1.165, 1.54) is 7.11 Å². The molecule has 0 spiro atoms. The zero-order chi connectivity index (χ0) is 16.1. The first kappa shape index (κ1) is 16.6. The summed E-state index contributed by atoms with van der Waals surface area (Å²) in [5.41, 5.74) is 1.67. The van der Waals surface area contributed by atoms with Crippen LogP contribution in [-0.4, -0.2) is 24.2 Å². The number of aryl methyl sites for hydroxylation is 1. The fourth-order valence-corrected chi connectivity index (χ4v) is 2.47. The van der Waals surface area contributed by atoms with Gasteiger partial charge in [-0.1, -0.05) is 24.9 Å². The number of methoxy groups -OCH3 is 1. The van der Waals surface area contributed by atoms with Gasteiger partial charge in [-0.2, -0.15) is 0 Å². The maximum Gasteiger partial charge on any atom is 0.347 e. The van der Waals surface area contributed by atoms with Crippen LogP contribution in [0.3, 0.4) is 0 Å². The van der Waals surface area contributed by atoms with E-state index >= 15 is 0 Å². The van der Waals surface area contributed by atoms with Crippen LogP contribution >= 0.6 is 11.6 Å². The van der Waals surface area contributed by atoms with Gasteiger partial charge in [0.25, 0.3) is 0 Å². The molecule has 0 aliphatic carbocycles. The molecule has 0 bridgehead atoms. The van der Waals surface area contributed by atoms with Crippen molar-refractivity contribution in [2.45, 2.75) is 39.2 Å². The zero-order valence-electron chi connectivity index (χ0n) is 13.1. The lowest BCUT2D eigenvalue weighted by molar-refractivity contribution is -0.149. The van der Waals surface area contributed by atoms with Gasteiger partial charge in [0.05, 0.1) is 12.1 Å². The molecule has 2 rings (SSSR count). The number of halogens is 1. The average Bonchev–Trinajstić information content (AvgIpc) is 2.53. The van der Waals surface area contributed by atoms with Gasteiger partial charge in [-0.3, -0.25) is 4.98 Å². The van der Waals surface area contributed by atoms with E-state index in [9.17, 15) is 4.79 Å². The summed E-state index contributed by atoms with van der Waals surface area (Å²) >= 11 is 6.22. The Labute approximate surface area is 135 Å². The Morgan fingerprint density at radius 2 is 2.18 bits per heavy atom. The summed E-state index contributed by atoms with van der Waals surface area (Å²) < 4.78 is 10.7. The van der Waals surface area contributed by atoms with Crippen molar-refractivity contribution >= 4 is 28.5 Å². The number of carbonyl (C=O) groups is 1. The smallest absolute Gasteiger partial charge is 0.347 e. The highest BCUT2D eigenvalue weighted by molar-refractivity contribution is 6.35. The largest absolute Gasteiger partial charge is 0.476 e. The van der Waals surface area contributed by atoms with Gasteiger partial charge < -0.3 is 9.47 Å². The number of ether oxygens (including phenoxy) is 2. The van der Waals surface area contributed by atoms with Gasteiger partial charge in [0.15, 0.2) is 6.10 Å². The Balaban J connectivity index is 2.36. The highest BCUT2D eigenvalue weighted by atomic mass is 35.5. The highest BCUT2D eigenvalue weighted by Gasteiger charge is 2.22. The van der Waals surface area contributed by atoms with Crippen LogP contribution in [-0.2, 0) is 9.53 Å². The Bertz CT molecular complexity index is 672. The number of unbranched alkanes of at least 4 members (excludes halogenated alkanes) is 1. The number of fused-ring (bicyclic) bond motifs is 1. The molecule has 5 heteroatoms. The molecule has 0 aliphatic heterocycles. The van der Waals surface area contributed by atoms with E-state index in [0.717, 1.165) is 23.8 Å². The molecule has 0 aliphatic rings. The van der Waals surface area contributed by atoms with E-state index in [1.54, 1.807) is 18.3 Å². The summed E-state index contributed by atoms with van der Waals surface area (Å²) in [6, 6.07) is 5.46. The van der Waals surface area contributed by atoms with Crippen molar-refractivity contribution in [1.82, 2.24) is 4.98 Å². The minimum atomic E-state index is -0.627. The predicted octanol–water partition coefficient (Wildman–Crippen LogP) is 4.31. The molecule has 0 radical (unpaired) electrons. The second-order valence-corrected chi connectivity index (χ2v) is 5.63. The molecule has 0 fully saturated rings. The fourth-order valence-electron chi connectivity index (χ4n) is 2.26. The van der Waals surface area contributed by atoms with Crippen LogP contribution in [0.1, 0.15) is 31.7 Å². The third-order valence-corrected chi connectivity index (χ3v) is 3.78. The number of nitrogens with zero attached hydrogens (tertiary/aromatic N) is 1. The van der Waals surface area contributed by atoms with Crippen molar-refractivity contribution < 1.29 is 14.3 Å². The molecule has 1 aromatic heterocycles. The summed E-state index contributed by atoms with van der Waals surface area (Å²) in [4.78, 5) is 16.3. The second-order valence-electron chi connectivity index (χ2n) is 5.23. The number of carbonyl (C=O) groups excluding carboxylic acids is 1. The lowest BCUT2D eigenvalue weighted by atomic mass is 10.1. The van der Waals surface area contributed by atoms with Gasteiger partial charge in [0, 0.05) is 11.6 Å². The predicted molar refractivity (Wildman–Crippen MR) is 87.4 cm³/mol. The summed E-state index contributed by atoms with van der Waals surface area (Å²) in [6.07, 6.45) is 3.61. The maximum atomic E-state index is 11.9. The second kappa shape index (κ2) is 7.45. The minimum absolute atomic E-state index is 0.372. The Morgan fingerprint density at radius 1 is 1.41 bits per heavy atom.